The summed E-state index contributed by atoms with van der Waals surface area (Å²) in [6.07, 6.45) is 9.21. The molecule has 88 valence electrons. The van der Waals surface area contributed by atoms with E-state index in [0.29, 0.717) is 6.04 Å². The molecule has 1 unspecified atom stereocenters. The molecule has 0 aliphatic rings. The number of hydrogen-bond donors (Lipinski definition) is 1. The van der Waals surface area contributed by atoms with Crippen molar-refractivity contribution in [1.29, 1.82) is 0 Å². The molecule has 1 N–H and O–H groups in total. The van der Waals surface area contributed by atoms with Crippen LogP contribution in [-0.4, -0.2) is 17.3 Å². The van der Waals surface area contributed by atoms with Gasteiger partial charge in [-0.1, -0.05) is 13.0 Å². The Morgan fingerprint density at radius 1 is 1.56 bits per heavy atom. The summed E-state index contributed by atoms with van der Waals surface area (Å²) in [6.45, 7) is 5.94. The number of hydrogen-bond acceptors (Lipinski definition) is 3. The maximum Gasteiger partial charge on any atom is 0.126 e. The summed E-state index contributed by atoms with van der Waals surface area (Å²) in [7, 11) is 0. The molecule has 1 aromatic heterocycles. The van der Waals surface area contributed by atoms with E-state index in [2.05, 4.69) is 36.1 Å². The Morgan fingerprint density at radius 3 is 2.88 bits per heavy atom. The van der Waals surface area contributed by atoms with Gasteiger partial charge in [-0.25, -0.2) is 4.98 Å². The first-order chi connectivity index (χ1) is 7.80. The van der Waals surface area contributed by atoms with E-state index in [0.717, 1.165) is 25.1 Å². The Balaban J connectivity index is 2.52. The number of nitrogens with one attached hydrogen (secondary N) is 1. The molecule has 0 aliphatic carbocycles. The normalized spacial score (nSPS) is 12.1. The van der Waals surface area contributed by atoms with Crippen molar-refractivity contribution >= 4 is 17.6 Å². The highest BCUT2D eigenvalue weighted by Gasteiger charge is 2.05. The zero-order valence-electron chi connectivity index (χ0n) is 10.1. The molecule has 0 saturated carbocycles. The standard InChI is InChI=1S/C13H20N2S/c1-4-6-7-11(5-2)15-13-9-8-12(16-3)10-14-13/h4,8-11H,1,5-7H2,2-3H3,(H,14,15). The summed E-state index contributed by atoms with van der Waals surface area (Å²) in [6, 6.07) is 4.63. The van der Waals surface area contributed by atoms with Crippen LogP contribution in [0.2, 0.25) is 0 Å². The van der Waals surface area contributed by atoms with Gasteiger partial charge in [0.25, 0.3) is 0 Å². The lowest BCUT2D eigenvalue weighted by molar-refractivity contribution is 0.639. The van der Waals surface area contributed by atoms with Crippen LogP contribution in [0.25, 0.3) is 0 Å². The van der Waals surface area contributed by atoms with Gasteiger partial charge in [0.15, 0.2) is 0 Å². The molecule has 0 aromatic carbocycles. The van der Waals surface area contributed by atoms with Crippen LogP contribution in [-0.2, 0) is 0 Å². The van der Waals surface area contributed by atoms with E-state index in [1.165, 1.54) is 4.90 Å². The molecule has 0 fully saturated rings. The first-order valence-corrected chi connectivity index (χ1v) is 6.90. The van der Waals surface area contributed by atoms with Crippen molar-refractivity contribution in [1.82, 2.24) is 4.98 Å². The van der Waals surface area contributed by atoms with E-state index in [-0.39, 0.29) is 0 Å². The lowest BCUT2D eigenvalue weighted by Crippen LogP contribution is -2.18. The molecule has 2 nitrogen and oxygen atoms in total. The van der Waals surface area contributed by atoms with E-state index in [1.54, 1.807) is 11.8 Å². The van der Waals surface area contributed by atoms with Crippen LogP contribution in [0.15, 0.2) is 35.9 Å². The monoisotopic (exact) mass is 236 g/mol. The third-order valence-electron chi connectivity index (χ3n) is 2.54. The Hall–Kier alpha value is -0.960. The van der Waals surface area contributed by atoms with E-state index in [4.69, 9.17) is 0 Å². The van der Waals surface area contributed by atoms with E-state index in [9.17, 15) is 0 Å². The van der Waals surface area contributed by atoms with Gasteiger partial charge in [0.2, 0.25) is 0 Å². The average Bonchev–Trinajstić information content (AvgIpc) is 2.35. The maximum absolute atomic E-state index is 4.39. The molecule has 0 spiro atoms. The number of rotatable bonds is 7. The third-order valence-corrected chi connectivity index (χ3v) is 3.25. The van der Waals surface area contributed by atoms with Gasteiger partial charge in [0.05, 0.1) is 0 Å². The van der Waals surface area contributed by atoms with Crippen LogP contribution >= 0.6 is 11.8 Å². The average molecular weight is 236 g/mol. The molecule has 1 rings (SSSR count). The maximum atomic E-state index is 4.39. The smallest absolute Gasteiger partial charge is 0.126 e. The molecule has 3 heteroatoms. The van der Waals surface area contributed by atoms with Crippen molar-refractivity contribution in [2.45, 2.75) is 37.1 Å². The molecule has 1 atom stereocenters. The number of thioether (sulfide) groups is 1. The first kappa shape index (κ1) is 13.1. The molecule has 0 aliphatic heterocycles. The van der Waals surface area contributed by atoms with E-state index >= 15 is 0 Å². The Bertz CT molecular complexity index is 308. The van der Waals surface area contributed by atoms with Gasteiger partial charge in [0, 0.05) is 17.1 Å². The second-order valence-electron chi connectivity index (χ2n) is 3.70. The summed E-state index contributed by atoms with van der Waals surface area (Å²) >= 11 is 1.71. The predicted octanol–water partition coefficient (Wildman–Crippen LogP) is 3.96. The Morgan fingerprint density at radius 2 is 2.38 bits per heavy atom. The van der Waals surface area contributed by atoms with Crippen molar-refractivity contribution < 1.29 is 0 Å². The quantitative estimate of drug-likeness (QED) is 0.573. The van der Waals surface area contributed by atoms with Gasteiger partial charge >= 0.3 is 0 Å². The lowest BCUT2D eigenvalue weighted by atomic mass is 10.1. The third kappa shape index (κ3) is 4.27. The minimum Gasteiger partial charge on any atom is -0.367 e. The molecular formula is C13H20N2S. The zero-order chi connectivity index (χ0) is 11.8. The van der Waals surface area contributed by atoms with Crippen LogP contribution in [0, 0.1) is 0 Å². The summed E-state index contributed by atoms with van der Waals surface area (Å²) in [5.41, 5.74) is 0. The SMILES string of the molecule is C=CCCC(CC)Nc1ccc(SC)cn1. The zero-order valence-corrected chi connectivity index (χ0v) is 10.9. The highest BCUT2D eigenvalue weighted by molar-refractivity contribution is 7.98. The van der Waals surface area contributed by atoms with E-state index < -0.39 is 0 Å². The number of anilines is 1. The van der Waals surface area contributed by atoms with Crippen LogP contribution in [0.4, 0.5) is 5.82 Å². The second-order valence-corrected chi connectivity index (χ2v) is 4.58. The molecule has 0 amide bonds. The number of nitrogens with zero attached hydrogens (tertiary/aromatic N) is 1. The number of pyridine rings is 1. The Labute approximate surface area is 103 Å². The van der Waals surface area contributed by atoms with Crippen molar-refractivity contribution in [2.75, 3.05) is 11.6 Å². The minimum absolute atomic E-state index is 0.491. The first-order valence-electron chi connectivity index (χ1n) is 5.67. The number of aromatic nitrogens is 1. The lowest BCUT2D eigenvalue weighted by Gasteiger charge is -2.16. The molecule has 1 heterocycles. The molecule has 16 heavy (non-hydrogen) atoms. The van der Waals surface area contributed by atoms with Crippen LogP contribution in [0.1, 0.15) is 26.2 Å². The topological polar surface area (TPSA) is 24.9 Å². The van der Waals surface area contributed by atoms with Crippen molar-refractivity contribution in [2.24, 2.45) is 0 Å². The molecule has 0 saturated heterocycles. The summed E-state index contributed by atoms with van der Waals surface area (Å²) in [5, 5.41) is 3.45. The van der Waals surface area contributed by atoms with Gasteiger partial charge in [-0.05, 0) is 37.7 Å². The van der Waals surface area contributed by atoms with Gasteiger partial charge in [-0.2, -0.15) is 0 Å². The van der Waals surface area contributed by atoms with Crippen LogP contribution in [0.3, 0.4) is 0 Å². The minimum atomic E-state index is 0.491. The van der Waals surface area contributed by atoms with Crippen LogP contribution in [0.5, 0.6) is 0 Å². The Kier molecular flexibility index (Phi) is 6.01. The van der Waals surface area contributed by atoms with Crippen molar-refractivity contribution in [3.05, 3.63) is 31.0 Å². The fraction of sp³-hybridized carbons (Fsp3) is 0.462. The van der Waals surface area contributed by atoms with Crippen molar-refractivity contribution in [3.63, 3.8) is 0 Å². The summed E-state index contributed by atoms with van der Waals surface area (Å²) in [4.78, 5) is 5.59. The number of allylic oxidation sites excluding steroid dienone is 1. The van der Waals surface area contributed by atoms with Gasteiger partial charge in [-0.15, -0.1) is 18.3 Å². The predicted molar refractivity (Wildman–Crippen MR) is 73.2 cm³/mol. The van der Waals surface area contributed by atoms with Crippen molar-refractivity contribution in [3.8, 4) is 0 Å². The molecular weight excluding hydrogens is 216 g/mol. The van der Waals surface area contributed by atoms with Crippen LogP contribution < -0.4 is 5.32 Å². The molecule has 0 radical (unpaired) electrons. The van der Waals surface area contributed by atoms with Gasteiger partial charge in [0.1, 0.15) is 5.82 Å². The van der Waals surface area contributed by atoms with E-state index in [1.807, 2.05) is 18.3 Å². The molecule has 1 aromatic rings. The van der Waals surface area contributed by atoms with Gasteiger partial charge in [-0.3, -0.25) is 0 Å². The highest BCUT2D eigenvalue weighted by Crippen LogP contribution is 2.16. The summed E-state index contributed by atoms with van der Waals surface area (Å²) in [5.74, 6) is 0.966. The fourth-order valence-electron chi connectivity index (χ4n) is 1.49. The highest BCUT2D eigenvalue weighted by atomic mass is 32.2. The summed E-state index contributed by atoms with van der Waals surface area (Å²) < 4.78 is 0. The molecule has 0 bridgehead atoms. The fourth-order valence-corrected chi connectivity index (χ4v) is 1.86. The van der Waals surface area contributed by atoms with Gasteiger partial charge < -0.3 is 5.32 Å². The second kappa shape index (κ2) is 7.34. The largest absolute Gasteiger partial charge is 0.367 e.